The van der Waals surface area contributed by atoms with E-state index >= 15 is 0 Å². The van der Waals surface area contributed by atoms with E-state index in [-0.39, 0.29) is 13.0 Å². The molecule has 1 aromatic carbocycles. The summed E-state index contributed by atoms with van der Waals surface area (Å²) in [6.07, 6.45) is -1.32. The number of carbonyl (C=O) groups excluding carboxylic acids is 1. The summed E-state index contributed by atoms with van der Waals surface area (Å²) in [6.45, 7) is 7.62. The Hall–Kier alpha value is -1.59. The third-order valence-electron chi connectivity index (χ3n) is 3.17. The fourth-order valence-corrected chi connectivity index (χ4v) is 2.01. The van der Waals surface area contributed by atoms with Gasteiger partial charge in [-0.25, -0.2) is 4.79 Å². The fraction of sp³-hybridized carbons (Fsp3) is 0.588. The molecular weight excluding hydrogens is 282 g/mol. The quantitative estimate of drug-likeness (QED) is 0.754. The number of aliphatic hydroxyl groups excluding tert-OH is 2. The second-order valence-electron chi connectivity index (χ2n) is 6.33. The molecule has 0 heterocycles. The number of amides is 1. The molecule has 0 aliphatic heterocycles. The van der Waals surface area contributed by atoms with E-state index in [0.29, 0.717) is 5.56 Å². The molecule has 0 aliphatic rings. The van der Waals surface area contributed by atoms with Gasteiger partial charge in [-0.3, -0.25) is 0 Å². The lowest BCUT2D eigenvalue weighted by molar-refractivity contribution is 0.0123. The maximum Gasteiger partial charge on any atom is 0.407 e. The highest BCUT2D eigenvalue weighted by atomic mass is 16.6. The Morgan fingerprint density at radius 1 is 1.32 bits per heavy atom. The van der Waals surface area contributed by atoms with Crippen LogP contribution in [0.4, 0.5) is 4.79 Å². The standard InChI is InChI=1S/C17H27NO4/c1-5-12-7-6-8-13(11-12)15(20)14(19)9-10-18-16(21)22-17(2,3)4/h6-8,11,14-15,19-20H,5,9-10H2,1-4H3,(H,18,21). The van der Waals surface area contributed by atoms with E-state index in [9.17, 15) is 15.0 Å². The first-order chi connectivity index (χ1) is 10.2. The third kappa shape index (κ3) is 6.45. The largest absolute Gasteiger partial charge is 0.444 e. The predicted octanol–water partition coefficient (Wildman–Crippen LogP) is 2.56. The Balaban J connectivity index is 2.44. The van der Waals surface area contributed by atoms with Gasteiger partial charge in [0.1, 0.15) is 11.7 Å². The number of aliphatic hydroxyl groups is 2. The van der Waals surface area contributed by atoms with E-state index < -0.39 is 23.9 Å². The first kappa shape index (κ1) is 18.5. The molecule has 124 valence electrons. The van der Waals surface area contributed by atoms with E-state index in [1.165, 1.54) is 0 Å². The van der Waals surface area contributed by atoms with Gasteiger partial charge in [0.05, 0.1) is 6.10 Å². The van der Waals surface area contributed by atoms with Crippen molar-refractivity contribution in [2.45, 2.75) is 58.3 Å². The molecule has 0 spiro atoms. The Morgan fingerprint density at radius 2 is 2.00 bits per heavy atom. The summed E-state index contributed by atoms with van der Waals surface area (Å²) in [6, 6.07) is 7.51. The van der Waals surface area contributed by atoms with Crippen LogP contribution in [0.15, 0.2) is 24.3 Å². The summed E-state index contributed by atoms with van der Waals surface area (Å²) in [7, 11) is 0. The van der Waals surface area contributed by atoms with Gasteiger partial charge in [0, 0.05) is 6.54 Å². The average Bonchev–Trinajstić information content (AvgIpc) is 2.44. The first-order valence-electron chi connectivity index (χ1n) is 7.64. The van der Waals surface area contributed by atoms with Crippen LogP contribution >= 0.6 is 0 Å². The van der Waals surface area contributed by atoms with Gasteiger partial charge in [0.15, 0.2) is 0 Å². The molecule has 0 fully saturated rings. The van der Waals surface area contributed by atoms with Gasteiger partial charge in [-0.15, -0.1) is 0 Å². The summed E-state index contributed by atoms with van der Waals surface area (Å²) < 4.78 is 5.10. The van der Waals surface area contributed by atoms with E-state index in [1.807, 2.05) is 25.1 Å². The number of hydrogen-bond donors (Lipinski definition) is 3. The van der Waals surface area contributed by atoms with Crippen LogP contribution in [-0.4, -0.2) is 34.6 Å². The summed E-state index contributed by atoms with van der Waals surface area (Å²) in [5.41, 5.74) is 1.24. The molecule has 1 aromatic rings. The lowest BCUT2D eigenvalue weighted by Crippen LogP contribution is -2.34. The molecule has 0 saturated heterocycles. The van der Waals surface area contributed by atoms with Crippen LogP contribution in [0.2, 0.25) is 0 Å². The average molecular weight is 309 g/mol. The molecule has 5 nitrogen and oxygen atoms in total. The summed E-state index contributed by atoms with van der Waals surface area (Å²) in [4.78, 5) is 11.5. The van der Waals surface area contributed by atoms with Gasteiger partial charge in [-0.05, 0) is 44.7 Å². The second-order valence-corrected chi connectivity index (χ2v) is 6.33. The number of benzene rings is 1. The van der Waals surface area contributed by atoms with Gasteiger partial charge in [-0.1, -0.05) is 31.2 Å². The lowest BCUT2D eigenvalue weighted by atomic mass is 9.99. The molecule has 1 amide bonds. The van der Waals surface area contributed by atoms with Crippen LogP contribution in [-0.2, 0) is 11.2 Å². The van der Waals surface area contributed by atoms with Crippen LogP contribution in [0.3, 0.4) is 0 Å². The highest BCUT2D eigenvalue weighted by Gasteiger charge is 2.20. The van der Waals surface area contributed by atoms with Gasteiger partial charge in [-0.2, -0.15) is 0 Å². The molecule has 0 aromatic heterocycles. The number of nitrogens with one attached hydrogen (secondary N) is 1. The van der Waals surface area contributed by atoms with E-state index in [4.69, 9.17) is 4.74 Å². The zero-order valence-corrected chi connectivity index (χ0v) is 13.8. The van der Waals surface area contributed by atoms with Crippen molar-refractivity contribution >= 4 is 6.09 Å². The third-order valence-corrected chi connectivity index (χ3v) is 3.17. The number of alkyl carbamates (subject to hydrolysis) is 1. The lowest BCUT2D eigenvalue weighted by Gasteiger charge is -2.21. The molecule has 2 unspecified atom stereocenters. The van der Waals surface area contributed by atoms with Crippen molar-refractivity contribution in [2.24, 2.45) is 0 Å². The van der Waals surface area contributed by atoms with Crippen LogP contribution in [0.25, 0.3) is 0 Å². The maximum atomic E-state index is 11.5. The van der Waals surface area contributed by atoms with Crippen molar-refractivity contribution in [3.63, 3.8) is 0 Å². The zero-order valence-electron chi connectivity index (χ0n) is 13.8. The topological polar surface area (TPSA) is 78.8 Å². The van der Waals surface area contributed by atoms with Crippen molar-refractivity contribution in [3.05, 3.63) is 35.4 Å². The fourth-order valence-electron chi connectivity index (χ4n) is 2.01. The van der Waals surface area contributed by atoms with E-state index in [1.54, 1.807) is 26.8 Å². The molecule has 0 radical (unpaired) electrons. The molecule has 3 N–H and O–H groups in total. The molecular formula is C17H27NO4. The number of ether oxygens (including phenoxy) is 1. The maximum absolute atomic E-state index is 11.5. The molecule has 22 heavy (non-hydrogen) atoms. The summed E-state index contributed by atoms with van der Waals surface area (Å²) in [5, 5.41) is 22.8. The smallest absolute Gasteiger partial charge is 0.407 e. The monoisotopic (exact) mass is 309 g/mol. The minimum atomic E-state index is -0.966. The minimum Gasteiger partial charge on any atom is -0.444 e. The van der Waals surface area contributed by atoms with Crippen molar-refractivity contribution < 1.29 is 19.7 Å². The molecule has 0 saturated carbocycles. The van der Waals surface area contributed by atoms with Crippen molar-refractivity contribution in [1.29, 1.82) is 0 Å². The Morgan fingerprint density at radius 3 is 2.59 bits per heavy atom. The predicted molar refractivity (Wildman–Crippen MR) is 85.6 cm³/mol. The van der Waals surface area contributed by atoms with E-state index in [0.717, 1.165) is 12.0 Å². The van der Waals surface area contributed by atoms with Crippen LogP contribution in [0.5, 0.6) is 0 Å². The molecule has 0 aliphatic carbocycles. The molecule has 2 atom stereocenters. The zero-order chi connectivity index (χ0) is 16.8. The van der Waals surface area contributed by atoms with Gasteiger partial charge in [0.25, 0.3) is 0 Å². The van der Waals surface area contributed by atoms with Crippen LogP contribution in [0, 0.1) is 0 Å². The number of aryl methyl sites for hydroxylation is 1. The normalized spacial score (nSPS) is 14.3. The summed E-state index contributed by atoms with van der Waals surface area (Å²) >= 11 is 0. The van der Waals surface area contributed by atoms with Crippen molar-refractivity contribution in [3.8, 4) is 0 Å². The van der Waals surface area contributed by atoms with Gasteiger partial charge in [0.2, 0.25) is 0 Å². The number of hydrogen-bond acceptors (Lipinski definition) is 4. The molecule has 1 rings (SSSR count). The van der Waals surface area contributed by atoms with Crippen molar-refractivity contribution in [2.75, 3.05) is 6.54 Å². The highest BCUT2D eigenvalue weighted by Crippen LogP contribution is 2.20. The van der Waals surface area contributed by atoms with Crippen LogP contribution < -0.4 is 5.32 Å². The number of rotatable bonds is 6. The van der Waals surface area contributed by atoms with Crippen LogP contribution in [0.1, 0.15) is 51.3 Å². The minimum absolute atomic E-state index is 0.237. The first-order valence-corrected chi connectivity index (χ1v) is 7.64. The van der Waals surface area contributed by atoms with Gasteiger partial charge >= 0.3 is 6.09 Å². The Kier molecular flexibility index (Phi) is 6.84. The SMILES string of the molecule is CCc1cccc(C(O)C(O)CCNC(=O)OC(C)(C)C)c1. The Labute approximate surface area is 132 Å². The van der Waals surface area contributed by atoms with E-state index in [2.05, 4.69) is 5.32 Å². The summed E-state index contributed by atoms with van der Waals surface area (Å²) in [5.74, 6) is 0. The molecule has 0 bridgehead atoms. The van der Waals surface area contributed by atoms with Gasteiger partial charge < -0.3 is 20.3 Å². The molecule has 5 heteroatoms. The Bertz CT molecular complexity index is 482. The second kappa shape index (κ2) is 8.15. The highest BCUT2D eigenvalue weighted by molar-refractivity contribution is 5.67. The van der Waals surface area contributed by atoms with Crippen molar-refractivity contribution in [1.82, 2.24) is 5.32 Å². The number of carbonyl (C=O) groups is 1.